The molecular formula is C51H40ClF3N4O8. The summed E-state index contributed by atoms with van der Waals surface area (Å²) in [6.45, 7) is 6.10. The molecule has 2 heterocycles. The minimum absolute atomic E-state index is 0.0609. The number of fused-ring (bicyclic) bond motifs is 2. The molecule has 0 aromatic heterocycles. The first-order chi connectivity index (χ1) is 31.7. The lowest BCUT2D eigenvalue weighted by Gasteiger charge is -2.36. The lowest BCUT2D eigenvalue weighted by atomic mass is 10.00. The van der Waals surface area contributed by atoms with Crippen molar-refractivity contribution < 1.29 is 51.4 Å². The third-order valence-corrected chi connectivity index (χ3v) is 12.0. The minimum atomic E-state index is -4.86. The van der Waals surface area contributed by atoms with Gasteiger partial charge in [0.2, 0.25) is 0 Å². The molecule has 0 saturated heterocycles. The number of nitrogens with one attached hydrogen (secondary N) is 2. The molecule has 16 heteroatoms. The second kappa shape index (κ2) is 17.5. The molecule has 0 atom stereocenters. The van der Waals surface area contributed by atoms with Gasteiger partial charge >= 0.3 is 18.3 Å². The van der Waals surface area contributed by atoms with E-state index < -0.39 is 52.8 Å². The monoisotopic (exact) mass is 928 g/mol. The van der Waals surface area contributed by atoms with Gasteiger partial charge in [-0.1, -0.05) is 60.1 Å². The molecule has 6 aromatic rings. The van der Waals surface area contributed by atoms with Crippen LogP contribution in [-0.4, -0.2) is 62.8 Å². The topological polar surface area (TPSA) is 151 Å². The maximum absolute atomic E-state index is 13.9. The quantitative estimate of drug-likeness (QED) is 0.0963. The van der Waals surface area contributed by atoms with E-state index >= 15 is 0 Å². The number of benzene rings is 6. The first-order valence-corrected chi connectivity index (χ1v) is 21.2. The Morgan fingerprint density at radius 2 is 0.910 bits per heavy atom. The van der Waals surface area contributed by atoms with E-state index in [0.717, 1.165) is 23.3 Å². The van der Waals surface area contributed by atoms with Crippen molar-refractivity contribution in [1.29, 1.82) is 0 Å². The number of alkyl halides is 3. The van der Waals surface area contributed by atoms with Crippen molar-refractivity contribution in [1.82, 2.24) is 9.80 Å². The highest BCUT2D eigenvalue weighted by Gasteiger charge is 2.49. The molecule has 4 amide bonds. The summed E-state index contributed by atoms with van der Waals surface area (Å²) in [5, 5.41) is 6.05. The van der Waals surface area contributed by atoms with E-state index in [0.29, 0.717) is 55.3 Å². The Morgan fingerprint density at radius 3 is 1.30 bits per heavy atom. The van der Waals surface area contributed by atoms with Crippen molar-refractivity contribution >= 4 is 58.5 Å². The summed E-state index contributed by atoms with van der Waals surface area (Å²) in [7, 11) is 0. The summed E-state index contributed by atoms with van der Waals surface area (Å²) in [6.07, 6.45) is -4.86. The molecule has 2 aliphatic heterocycles. The lowest BCUT2D eigenvalue weighted by molar-refractivity contribution is -0.274. The zero-order chi connectivity index (χ0) is 48.0. The van der Waals surface area contributed by atoms with Gasteiger partial charge in [0, 0.05) is 51.7 Å². The van der Waals surface area contributed by atoms with Crippen molar-refractivity contribution in [2.24, 2.45) is 0 Å². The second-order valence-corrected chi connectivity index (χ2v) is 17.4. The first kappa shape index (κ1) is 45.8. The number of amides is 4. The number of halogens is 4. The van der Waals surface area contributed by atoms with E-state index in [2.05, 4.69) is 15.4 Å². The van der Waals surface area contributed by atoms with Crippen LogP contribution in [0.2, 0.25) is 5.02 Å². The van der Waals surface area contributed by atoms with Crippen LogP contribution in [0, 0.1) is 0 Å². The van der Waals surface area contributed by atoms with Crippen LogP contribution in [0.3, 0.4) is 0 Å². The van der Waals surface area contributed by atoms with E-state index in [-0.39, 0.29) is 24.6 Å². The number of esters is 2. The van der Waals surface area contributed by atoms with Crippen LogP contribution < -0.4 is 15.4 Å². The largest absolute Gasteiger partial charge is 0.573 e. The average molecular weight is 929 g/mol. The van der Waals surface area contributed by atoms with Gasteiger partial charge in [-0.05, 0) is 146 Å². The fourth-order valence-corrected chi connectivity index (χ4v) is 7.85. The number of hydrogen-bond acceptors (Lipinski definition) is 8. The van der Waals surface area contributed by atoms with Crippen LogP contribution in [0.5, 0.6) is 5.75 Å². The number of carbonyl (C=O) groups is 6. The number of nitrogens with zero attached hydrogens (tertiary/aromatic N) is 2. The van der Waals surface area contributed by atoms with Crippen molar-refractivity contribution in [3.05, 3.63) is 172 Å². The highest BCUT2D eigenvalue weighted by Crippen LogP contribution is 2.37. The van der Waals surface area contributed by atoms with Gasteiger partial charge < -0.3 is 29.9 Å². The Bertz CT molecular complexity index is 2970. The highest BCUT2D eigenvalue weighted by molar-refractivity contribution is 6.30. The van der Waals surface area contributed by atoms with E-state index in [4.69, 9.17) is 16.3 Å². The van der Waals surface area contributed by atoms with E-state index in [9.17, 15) is 41.9 Å². The van der Waals surface area contributed by atoms with Crippen LogP contribution >= 0.6 is 11.6 Å². The third kappa shape index (κ3) is 9.49. The smallest absolute Gasteiger partial charge is 0.406 e. The Kier molecular flexibility index (Phi) is 12.0. The molecule has 8 rings (SSSR count). The molecule has 2 aliphatic rings. The molecule has 0 saturated carbocycles. The van der Waals surface area contributed by atoms with Gasteiger partial charge in [-0.25, -0.2) is 9.59 Å². The Balaban J connectivity index is 0.877. The standard InChI is InChI=1S/C51H40ClF3N4O8/c1-49(2,58-27-35-7-5-33(25-41(35)45(58)62)29-11-19-38(20-12-29)56-43(60)31-9-17-37(52)18-10-31)47(64)66-48(65)50(3,4)59-28-36-8-6-34(26-42(36)46(59)63)30-13-21-39(22-14-30)57-44(61)32-15-23-40(24-16-32)67-51(53,54)55/h5-26H,27-28H2,1-4H3,(H,56,60)(H,57,61). The fraction of sp³-hybridized carbons (Fsp3) is 0.176. The summed E-state index contributed by atoms with van der Waals surface area (Å²) in [6, 6.07) is 35.5. The van der Waals surface area contributed by atoms with Crippen molar-refractivity contribution in [2.45, 2.75) is 58.2 Å². The fourth-order valence-electron chi connectivity index (χ4n) is 7.73. The zero-order valence-electron chi connectivity index (χ0n) is 36.3. The number of carbonyl (C=O) groups excluding carboxylic acids is 6. The summed E-state index contributed by atoms with van der Waals surface area (Å²) in [5.74, 6) is -4.13. The molecule has 0 unspecified atom stereocenters. The van der Waals surface area contributed by atoms with Crippen molar-refractivity contribution in [3.63, 3.8) is 0 Å². The van der Waals surface area contributed by atoms with Crippen molar-refractivity contribution in [3.8, 4) is 28.0 Å². The average Bonchev–Trinajstić information content (AvgIpc) is 3.82. The Labute approximate surface area is 387 Å². The summed E-state index contributed by atoms with van der Waals surface area (Å²) >= 11 is 5.94. The number of ether oxygens (including phenoxy) is 2. The van der Waals surface area contributed by atoms with Gasteiger partial charge in [0.25, 0.3) is 23.6 Å². The molecule has 0 spiro atoms. The van der Waals surface area contributed by atoms with Crippen LogP contribution in [0.15, 0.2) is 133 Å². The minimum Gasteiger partial charge on any atom is -0.406 e. The number of rotatable bonds is 11. The Hall–Kier alpha value is -7.78. The zero-order valence-corrected chi connectivity index (χ0v) is 37.0. The molecule has 6 aromatic carbocycles. The maximum Gasteiger partial charge on any atom is 0.573 e. The second-order valence-electron chi connectivity index (χ2n) is 17.0. The third-order valence-electron chi connectivity index (χ3n) is 11.8. The predicted molar refractivity (Wildman–Crippen MR) is 243 cm³/mol. The van der Waals surface area contributed by atoms with Crippen LogP contribution in [0.1, 0.15) is 80.3 Å². The van der Waals surface area contributed by atoms with E-state index in [1.165, 1.54) is 49.6 Å². The molecule has 12 nitrogen and oxygen atoms in total. The maximum atomic E-state index is 13.9. The summed E-state index contributed by atoms with van der Waals surface area (Å²) in [4.78, 5) is 83.4. The van der Waals surface area contributed by atoms with Gasteiger partial charge in [0.15, 0.2) is 0 Å². The SMILES string of the molecule is CC(C)(C(=O)OC(=O)C(C)(C)N1Cc2ccc(-c3ccc(NC(=O)c4ccc(OC(F)(F)F)cc4)cc3)cc2C1=O)N1Cc2ccc(-c3ccc(NC(=O)c4ccc(Cl)cc4)cc3)cc2C1=O. The van der Waals surface area contributed by atoms with Crippen LogP contribution in [-0.2, 0) is 27.4 Å². The normalized spacial score (nSPS) is 13.5. The summed E-state index contributed by atoms with van der Waals surface area (Å²) in [5.41, 5.74) is 3.32. The molecule has 340 valence electrons. The van der Waals surface area contributed by atoms with Gasteiger partial charge in [0.05, 0.1) is 0 Å². The van der Waals surface area contributed by atoms with Crippen molar-refractivity contribution in [2.75, 3.05) is 10.6 Å². The Morgan fingerprint density at radius 1 is 0.537 bits per heavy atom. The predicted octanol–water partition coefficient (Wildman–Crippen LogP) is 10.3. The van der Waals surface area contributed by atoms with Gasteiger partial charge in [-0.3, -0.25) is 19.2 Å². The van der Waals surface area contributed by atoms with E-state index in [1.807, 2.05) is 18.2 Å². The molecule has 67 heavy (non-hydrogen) atoms. The lowest BCUT2D eigenvalue weighted by Crippen LogP contribution is -2.55. The van der Waals surface area contributed by atoms with Gasteiger partial charge in [0.1, 0.15) is 16.8 Å². The molecule has 0 aliphatic carbocycles. The molecular weight excluding hydrogens is 889 g/mol. The van der Waals surface area contributed by atoms with Gasteiger partial charge in [-0.15, -0.1) is 13.2 Å². The number of hydrogen-bond donors (Lipinski definition) is 2. The summed E-state index contributed by atoms with van der Waals surface area (Å²) < 4.78 is 46.8. The molecule has 2 N–H and O–H groups in total. The van der Waals surface area contributed by atoms with Crippen LogP contribution in [0.4, 0.5) is 24.5 Å². The highest BCUT2D eigenvalue weighted by atomic mass is 35.5. The van der Waals surface area contributed by atoms with Crippen LogP contribution in [0.25, 0.3) is 22.3 Å². The molecule has 0 radical (unpaired) electrons. The first-order valence-electron chi connectivity index (χ1n) is 20.8. The number of anilines is 2. The molecule has 0 fully saturated rings. The van der Waals surface area contributed by atoms with Gasteiger partial charge in [-0.2, -0.15) is 0 Å². The van der Waals surface area contributed by atoms with E-state index in [1.54, 1.807) is 91.0 Å². The molecule has 0 bridgehead atoms.